The molecule has 1 aliphatic rings. The van der Waals surface area contributed by atoms with Gasteiger partial charge in [0, 0.05) is 0 Å². The number of carboxylic acid groups (broad SMARTS) is 1. The van der Waals surface area contributed by atoms with Crippen molar-refractivity contribution in [1.29, 1.82) is 0 Å². The number of amides is 2. The lowest BCUT2D eigenvalue weighted by Crippen LogP contribution is -2.32. The van der Waals surface area contributed by atoms with Crippen molar-refractivity contribution in [2.75, 3.05) is 0 Å². The second kappa shape index (κ2) is 8.98. The molecule has 0 aliphatic carbocycles. The van der Waals surface area contributed by atoms with Gasteiger partial charge in [-0.2, -0.15) is 13.2 Å². The van der Waals surface area contributed by atoms with Crippen molar-refractivity contribution in [1.82, 2.24) is 5.32 Å². The van der Waals surface area contributed by atoms with Crippen molar-refractivity contribution < 1.29 is 37.4 Å². The van der Waals surface area contributed by atoms with Crippen LogP contribution in [0.25, 0.3) is 0 Å². The summed E-state index contributed by atoms with van der Waals surface area (Å²) in [5.41, 5.74) is 5.18. The zero-order valence-electron chi connectivity index (χ0n) is 15.8. The number of nitrogens with two attached hydrogens (primary N) is 1. The van der Waals surface area contributed by atoms with Crippen molar-refractivity contribution in [2.45, 2.75) is 30.3 Å². The van der Waals surface area contributed by atoms with E-state index in [1.807, 2.05) is 0 Å². The Labute approximate surface area is 178 Å². The number of benzene rings is 2. The number of carbonyl (C=O) groups is 3. The van der Waals surface area contributed by atoms with Crippen LogP contribution < -0.4 is 15.8 Å². The molecule has 0 radical (unpaired) electrons. The molecular formula is C20H17F3N2O5S. The fourth-order valence-electron chi connectivity index (χ4n) is 2.92. The average Bonchev–Trinajstić information content (AvgIpc) is 3.00. The quantitative estimate of drug-likeness (QED) is 0.587. The van der Waals surface area contributed by atoms with E-state index in [0.717, 1.165) is 23.9 Å². The standard InChI is InChI=1S/C20H17F3N2O5S/c21-20(22,23)13-7-11(8-14(24)18(27)28)3-6-15(13)30-12-4-1-10(2-5-12)9-16-17(26)25-19(29)31-16/h1-7,14,16H,8-9,24H2,(H,27,28)(H,25,26,29). The monoisotopic (exact) mass is 454 g/mol. The van der Waals surface area contributed by atoms with E-state index in [1.165, 1.54) is 18.2 Å². The predicted octanol–water partition coefficient (Wildman–Crippen LogP) is 3.35. The topological polar surface area (TPSA) is 119 Å². The van der Waals surface area contributed by atoms with Crippen LogP contribution in [0.15, 0.2) is 42.5 Å². The number of thioether (sulfide) groups is 1. The second-order valence-corrected chi connectivity index (χ2v) is 7.99. The summed E-state index contributed by atoms with van der Waals surface area (Å²) in [5.74, 6) is -1.99. The number of aliphatic carboxylic acids is 1. The maximum Gasteiger partial charge on any atom is 0.419 e. The lowest BCUT2D eigenvalue weighted by atomic mass is 10.0. The van der Waals surface area contributed by atoms with E-state index in [9.17, 15) is 27.6 Å². The minimum Gasteiger partial charge on any atom is -0.480 e. The number of hydrogen-bond donors (Lipinski definition) is 3. The van der Waals surface area contributed by atoms with Crippen LogP contribution in [0.3, 0.4) is 0 Å². The van der Waals surface area contributed by atoms with E-state index in [-0.39, 0.29) is 30.1 Å². The Hall–Kier alpha value is -3.05. The Balaban J connectivity index is 1.76. The molecule has 2 aromatic rings. The van der Waals surface area contributed by atoms with Gasteiger partial charge in [0.1, 0.15) is 17.5 Å². The maximum absolute atomic E-state index is 13.5. The first-order chi connectivity index (χ1) is 14.5. The van der Waals surface area contributed by atoms with Gasteiger partial charge >= 0.3 is 12.1 Å². The fraction of sp³-hybridized carbons (Fsp3) is 0.250. The molecule has 2 amide bonds. The third kappa shape index (κ3) is 5.76. The largest absolute Gasteiger partial charge is 0.480 e. The van der Waals surface area contributed by atoms with E-state index in [0.29, 0.717) is 5.56 Å². The molecule has 4 N–H and O–H groups in total. The number of carbonyl (C=O) groups excluding carboxylic acids is 2. The molecule has 2 aromatic carbocycles. The van der Waals surface area contributed by atoms with E-state index in [2.05, 4.69) is 5.32 Å². The van der Waals surface area contributed by atoms with E-state index in [1.54, 1.807) is 12.1 Å². The van der Waals surface area contributed by atoms with Gasteiger partial charge in [0.2, 0.25) is 5.91 Å². The van der Waals surface area contributed by atoms with Gasteiger partial charge in [-0.15, -0.1) is 0 Å². The van der Waals surface area contributed by atoms with Crippen LogP contribution in [-0.4, -0.2) is 33.5 Å². The highest BCUT2D eigenvalue weighted by atomic mass is 32.2. The average molecular weight is 454 g/mol. The molecule has 11 heteroatoms. The molecule has 0 bridgehead atoms. The molecule has 2 unspecified atom stereocenters. The summed E-state index contributed by atoms with van der Waals surface area (Å²) < 4.78 is 45.9. The van der Waals surface area contributed by atoms with Crippen LogP contribution in [0.4, 0.5) is 18.0 Å². The summed E-state index contributed by atoms with van der Waals surface area (Å²) >= 11 is 0.886. The minimum atomic E-state index is -4.72. The summed E-state index contributed by atoms with van der Waals surface area (Å²) in [4.78, 5) is 33.7. The predicted molar refractivity (Wildman–Crippen MR) is 106 cm³/mol. The normalized spacial score (nSPS) is 17.4. The number of nitrogens with one attached hydrogen (secondary N) is 1. The molecule has 0 aromatic heterocycles. The van der Waals surface area contributed by atoms with Crippen LogP contribution in [0, 0.1) is 0 Å². The van der Waals surface area contributed by atoms with Crippen LogP contribution in [0.5, 0.6) is 11.5 Å². The Morgan fingerprint density at radius 1 is 1.16 bits per heavy atom. The van der Waals surface area contributed by atoms with Crippen molar-refractivity contribution in [3.8, 4) is 11.5 Å². The van der Waals surface area contributed by atoms with E-state index >= 15 is 0 Å². The highest BCUT2D eigenvalue weighted by molar-refractivity contribution is 8.15. The summed E-state index contributed by atoms with van der Waals surface area (Å²) in [7, 11) is 0. The number of carboxylic acids is 1. The Morgan fingerprint density at radius 3 is 2.35 bits per heavy atom. The van der Waals surface area contributed by atoms with Gasteiger partial charge < -0.3 is 15.6 Å². The molecule has 2 atom stereocenters. The van der Waals surface area contributed by atoms with Crippen LogP contribution in [0.2, 0.25) is 0 Å². The van der Waals surface area contributed by atoms with Gasteiger partial charge in [0.15, 0.2) is 0 Å². The first kappa shape index (κ1) is 22.6. The van der Waals surface area contributed by atoms with Gasteiger partial charge in [0.05, 0.1) is 10.8 Å². The third-order valence-corrected chi connectivity index (χ3v) is 5.44. The van der Waals surface area contributed by atoms with Crippen LogP contribution in [-0.2, 0) is 28.6 Å². The summed E-state index contributed by atoms with van der Waals surface area (Å²) in [6, 6.07) is 8.06. The van der Waals surface area contributed by atoms with Crippen LogP contribution in [0.1, 0.15) is 16.7 Å². The lowest BCUT2D eigenvalue weighted by Gasteiger charge is -2.16. The number of rotatable bonds is 7. The van der Waals surface area contributed by atoms with Gasteiger partial charge in [-0.1, -0.05) is 30.0 Å². The first-order valence-corrected chi connectivity index (χ1v) is 9.87. The zero-order chi connectivity index (χ0) is 22.8. The smallest absolute Gasteiger partial charge is 0.419 e. The molecule has 0 spiro atoms. The lowest BCUT2D eigenvalue weighted by molar-refractivity contribution is -0.139. The summed E-state index contributed by atoms with van der Waals surface area (Å²) in [6.45, 7) is 0. The van der Waals surface area contributed by atoms with Gasteiger partial charge in [-0.05, 0) is 48.2 Å². The molecular weight excluding hydrogens is 437 g/mol. The molecule has 7 nitrogen and oxygen atoms in total. The number of halogens is 3. The molecule has 164 valence electrons. The number of ether oxygens (including phenoxy) is 1. The Kier molecular flexibility index (Phi) is 6.56. The highest BCUT2D eigenvalue weighted by Gasteiger charge is 2.35. The van der Waals surface area contributed by atoms with E-state index in [4.69, 9.17) is 15.6 Å². The number of alkyl halides is 3. The molecule has 1 heterocycles. The number of imide groups is 1. The van der Waals surface area contributed by atoms with Crippen molar-refractivity contribution in [3.63, 3.8) is 0 Å². The number of hydrogen-bond acceptors (Lipinski definition) is 6. The zero-order valence-corrected chi connectivity index (χ0v) is 16.6. The SMILES string of the molecule is NC(Cc1ccc(Oc2ccc(CC3SC(=O)NC3=O)cc2)c(C(F)(F)F)c1)C(=O)O. The van der Waals surface area contributed by atoms with E-state index < -0.39 is 40.0 Å². The molecule has 1 saturated heterocycles. The summed E-state index contributed by atoms with van der Waals surface area (Å²) in [6.07, 6.45) is -4.70. The highest BCUT2D eigenvalue weighted by Crippen LogP contribution is 2.39. The fourth-order valence-corrected chi connectivity index (χ4v) is 3.78. The molecule has 31 heavy (non-hydrogen) atoms. The Morgan fingerprint density at radius 2 is 1.81 bits per heavy atom. The molecule has 1 fully saturated rings. The van der Waals surface area contributed by atoms with Gasteiger partial charge in [0.25, 0.3) is 5.24 Å². The third-order valence-electron chi connectivity index (χ3n) is 4.46. The maximum atomic E-state index is 13.5. The molecule has 0 saturated carbocycles. The van der Waals surface area contributed by atoms with Crippen molar-refractivity contribution in [2.24, 2.45) is 5.73 Å². The molecule has 3 rings (SSSR count). The van der Waals surface area contributed by atoms with Crippen molar-refractivity contribution in [3.05, 3.63) is 59.2 Å². The Bertz CT molecular complexity index is 1010. The van der Waals surface area contributed by atoms with Crippen LogP contribution >= 0.6 is 11.8 Å². The summed E-state index contributed by atoms with van der Waals surface area (Å²) in [5, 5.41) is 10.1. The van der Waals surface area contributed by atoms with Crippen molar-refractivity contribution >= 4 is 28.9 Å². The van der Waals surface area contributed by atoms with Gasteiger partial charge in [-0.25, -0.2) is 0 Å². The molecule has 1 aliphatic heterocycles. The first-order valence-electron chi connectivity index (χ1n) is 8.99. The minimum absolute atomic E-state index is 0.117. The second-order valence-electron chi connectivity index (χ2n) is 6.81. The van der Waals surface area contributed by atoms with Gasteiger partial charge in [-0.3, -0.25) is 19.7 Å².